The molecule has 164 valence electrons. The maximum absolute atomic E-state index is 12.9. The molecule has 0 fully saturated rings. The maximum Gasteiger partial charge on any atom is 0.416 e. The highest BCUT2D eigenvalue weighted by Gasteiger charge is 2.30. The topological polar surface area (TPSA) is 55.6 Å². The monoisotopic (exact) mass is 439 g/mol. The van der Waals surface area contributed by atoms with Crippen molar-refractivity contribution in [2.75, 3.05) is 12.4 Å². The number of hydrogen-bond donors (Lipinski definition) is 1. The van der Waals surface area contributed by atoms with E-state index >= 15 is 0 Å². The Bertz CT molecular complexity index is 1300. The molecule has 4 aromatic rings. The van der Waals surface area contributed by atoms with E-state index in [0.717, 1.165) is 28.9 Å². The number of carbonyl (C=O) groups excluding carboxylic acids is 1. The van der Waals surface area contributed by atoms with E-state index in [4.69, 9.17) is 4.74 Å². The smallest absolute Gasteiger partial charge is 0.416 e. The normalized spacial score (nSPS) is 11.5. The number of methoxy groups -OCH3 is 1. The number of fused-ring (bicyclic) bond motifs is 1. The summed E-state index contributed by atoms with van der Waals surface area (Å²) in [7, 11) is 1.48. The lowest BCUT2D eigenvalue weighted by Crippen LogP contribution is -2.15. The highest BCUT2D eigenvalue weighted by Crippen LogP contribution is 2.32. The Morgan fingerprint density at radius 3 is 2.69 bits per heavy atom. The highest BCUT2D eigenvalue weighted by molar-refractivity contribution is 5.94. The van der Waals surface area contributed by atoms with Crippen molar-refractivity contribution in [3.8, 4) is 17.0 Å². The zero-order chi connectivity index (χ0) is 22.9. The molecule has 0 aliphatic heterocycles. The first kappa shape index (κ1) is 21.4. The van der Waals surface area contributed by atoms with Gasteiger partial charge in [-0.25, -0.2) is 4.98 Å². The van der Waals surface area contributed by atoms with Crippen molar-refractivity contribution in [2.45, 2.75) is 19.5 Å². The van der Waals surface area contributed by atoms with E-state index in [1.165, 1.54) is 19.2 Å². The van der Waals surface area contributed by atoms with E-state index in [0.29, 0.717) is 17.1 Å². The molecule has 2 aromatic carbocycles. The maximum atomic E-state index is 12.9. The highest BCUT2D eigenvalue weighted by atomic mass is 19.4. The van der Waals surface area contributed by atoms with Gasteiger partial charge in [0.2, 0.25) is 5.91 Å². The number of aryl methyl sites for hydroxylation is 1. The van der Waals surface area contributed by atoms with Gasteiger partial charge in [0.25, 0.3) is 0 Å². The number of alkyl halides is 3. The van der Waals surface area contributed by atoms with E-state index in [1.54, 1.807) is 12.1 Å². The second-order valence-corrected chi connectivity index (χ2v) is 7.43. The van der Waals surface area contributed by atoms with Crippen LogP contribution in [0.2, 0.25) is 0 Å². The van der Waals surface area contributed by atoms with E-state index in [9.17, 15) is 18.0 Å². The fourth-order valence-electron chi connectivity index (χ4n) is 3.43. The molecular formula is C24H20F3N3O2. The minimum atomic E-state index is -4.46. The molecule has 8 heteroatoms. The van der Waals surface area contributed by atoms with Gasteiger partial charge in [-0.05, 0) is 54.4 Å². The number of amides is 1. The Hall–Kier alpha value is -3.81. The van der Waals surface area contributed by atoms with E-state index in [1.807, 2.05) is 41.9 Å². The lowest BCUT2D eigenvalue weighted by molar-refractivity contribution is -0.137. The first-order valence-electron chi connectivity index (χ1n) is 9.83. The molecule has 2 aromatic heterocycles. The summed E-state index contributed by atoms with van der Waals surface area (Å²) >= 11 is 0. The number of nitrogens with zero attached hydrogens (tertiary/aromatic N) is 2. The van der Waals surface area contributed by atoms with Crippen LogP contribution in [0.1, 0.15) is 16.7 Å². The van der Waals surface area contributed by atoms with Gasteiger partial charge in [0, 0.05) is 18.0 Å². The minimum absolute atomic E-state index is 0.203. The van der Waals surface area contributed by atoms with Crippen LogP contribution in [-0.4, -0.2) is 22.4 Å². The standard InChI is InChI=1S/C24H20F3N3O2/c1-15-8-9-30-14-20(28-22(30)10-15)17-6-7-21(32-2)19(13-17)29-23(31)12-16-4-3-5-18(11-16)24(25,26)27/h3-11,13-14H,12H2,1-2H3,(H,29,31). The van der Waals surface area contributed by atoms with Crippen molar-refractivity contribution in [2.24, 2.45) is 0 Å². The molecule has 0 spiro atoms. The Morgan fingerprint density at radius 2 is 1.94 bits per heavy atom. The van der Waals surface area contributed by atoms with Gasteiger partial charge in [-0.3, -0.25) is 4.79 Å². The first-order chi connectivity index (χ1) is 15.2. The second kappa shape index (κ2) is 8.37. The van der Waals surface area contributed by atoms with E-state index < -0.39 is 17.6 Å². The number of aromatic nitrogens is 2. The zero-order valence-electron chi connectivity index (χ0n) is 17.4. The average molecular weight is 439 g/mol. The van der Waals surface area contributed by atoms with E-state index in [2.05, 4.69) is 10.3 Å². The predicted molar refractivity (Wildman–Crippen MR) is 116 cm³/mol. The number of benzene rings is 2. The molecular weight excluding hydrogens is 419 g/mol. The van der Waals surface area contributed by atoms with Gasteiger partial charge in [0.15, 0.2) is 0 Å². The fraction of sp³-hybridized carbons (Fsp3) is 0.167. The number of imidazole rings is 1. The molecule has 0 atom stereocenters. The first-order valence-corrected chi connectivity index (χ1v) is 9.83. The number of carbonyl (C=O) groups is 1. The summed E-state index contributed by atoms with van der Waals surface area (Å²) in [5.74, 6) is -0.0175. The van der Waals surface area contributed by atoms with Crippen LogP contribution >= 0.6 is 0 Å². The van der Waals surface area contributed by atoms with Crippen LogP contribution in [0.25, 0.3) is 16.9 Å². The minimum Gasteiger partial charge on any atom is -0.495 e. The van der Waals surface area contributed by atoms with Crippen molar-refractivity contribution in [3.63, 3.8) is 0 Å². The molecule has 2 heterocycles. The summed E-state index contributed by atoms with van der Waals surface area (Å²) in [5, 5.41) is 2.74. The molecule has 4 rings (SSSR count). The molecule has 1 N–H and O–H groups in total. The van der Waals surface area contributed by atoms with Crippen LogP contribution in [0.15, 0.2) is 67.0 Å². The number of anilines is 1. The molecule has 0 aliphatic rings. The third kappa shape index (κ3) is 4.59. The van der Waals surface area contributed by atoms with Crippen LogP contribution in [-0.2, 0) is 17.4 Å². The van der Waals surface area contributed by atoms with Crippen LogP contribution in [0.4, 0.5) is 18.9 Å². The third-order valence-corrected chi connectivity index (χ3v) is 5.00. The number of ether oxygens (including phenoxy) is 1. The Labute approximate surface area is 182 Å². The van der Waals surface area contributed by atoms with Crippen molar-refractivity contribution < 1.29 is 22.7 Å². The van der Waals surface area contributed by atoms with Gasteiger partial charge in [0.1, 0.15) is 11.4 Å². The zero-order valence-corrected chi connectivity index (χ0v) is 17.4. The van der Waals surface area contributed by atoms with Gasteiger partial charge < -0.3 is 14.5 Å². The van der Waals surface area contributed by atoms with Gasteiger partial charge in [-0.2, -0.15) is 13.2 Å². The number of nitrogens with one attached hydrogen (secondary N) is 1. The molecule has 0 aliphatic carbocycles. The van der Waals surface area contributed by atoms with Gasteiger partial charge >= 0.3 is 6.18 Å². The van der Waals surface area contributed by atoms with Crippen molar-refractivity contribution >= 4 is 17.2 Å². The van der Waals surface area contributed by atoms with Gasteiger partial charge in [-0.15, -0.1) is 0 Å². The molecule has 0 radical (unpaired) electrons. The summed E-state index contributed by atoms with van der Waals surface area (Å²) in [5.41, 5.74) is 3.26. The van der Waals surface area contributed by atoms with Crippen molar-refractivity contribution in [3.05, 3.63) is 83.7 Å². The molecule has 32 heavy (non-hydrogen) atoms. The summed E-state index contributed by atoms with van der Waals surface area (Å²) in [6.45, 7) is 1.99. The lowest BCUT2D eigenvalue weighted by Gasteiger charge is -2.12. The SMILES string of the molecule is COc1ccc(-c2cn3ccc(C)cc3n2)cc1NC(=O)Cc1cccc(C(F)(F)F)c1. The van der Waals surface area contributed by atoms with E-state index in [-0.39, 0.29) is 12.0 Å². The lowest BCUT2D eigenvalue weighted by atomic mass is 10.1. The number of hydrogen-bond acceptors (Lipinski definition) is 3. The molecule has 5 nitrogen and oxygen atoms in total. The number of rotatable bonds is 5. The molecule has 0 saturated heterocycles. The Balaban J connectivity index is 1.58. The fourth-order valence-corrected chi connectivity index (χ4v) is 3.43. The van der Waals surface area contributed by atoms with Crippen LogP contribution in [0, 0.1) is 6.92 Å². The summed E-state index contributed by atoms with van der Waals surface area (Å²) < 4.78 is 46.0. The number of pyridine rings is 1. The van der Waals surface area contributed by atoms with Crippen LogP contribution in [0.5, 0.6) is 5.75 Å². The average Bonchev–Trinajstić information content (AvgIpc) is 3.16. The van der Waals surface area contributed by atoms with Gasteiger partial charge in [0.05, 0.1) is 30.5 Å². The second-order valence-electron chi connectivity index (χ2n) is 7.43. The quantitative estimate of drug-likeness (QED) is 0.446. The Kier molecular flexibility index (Phi) is 5.61. The van der Waals surface area contributed by atoms with Crippen LogP contribution in [0.3, 0.4) is 0 Å². The van der Waals surface area contributed by atoms with Gasteiger partial charge in [-0.1, -0.05) is 18.2 Å². The molecule has 0 bridgehead atoms. The van der Waals surface area contributed by atoms with Crippen LogP contribution < -0.4 is 10.1 Å². The summed E-state index contributed by atoms with van der Waals surface area (Å²) in [6, 6.07) is 13.9. The molecule has 0 unspecified atom stereocenters. The largest absolute Gasteiger partial charge is 0.495 e. The summed E-state index contributed by atoms with van der Waals surface area (Å²) in [4.78, 5) is 17.2. The summed E-state index contributed by atoms with van der Waals surface area (Å²) in [6.07, 6.45) is -0.866. The molecule has 0 saturated carbocycles. The predicted octanol–water partition coefficient (Wildman–Crippen LogP) is 5.52. The number of halogens is 3. The molecule has 1 amide bonds. The Morgan fingerprint density at radius 1 is 1.12 bits per heavy atom. The van der Waals surface area contributed by atoms with Crippen molar-refractivity contribution in [1.82, 2.24) is 9.38 Å². The van der Waals surface area contributed by atoms with Crippen molar-refractivity contribution in [1.29, 1.82) is 0 Å². The third-order valence-electron chi connectivity index (χ3n) is 5.00.